The van der Waals surface area contributed by atoms with Crippen LogP contribution in [0.3, 0.4) is 0 Å². The van der Waals surface area contributed by atoms with Crippen LogP contribution in [0.25, 0.3) is 5.69 Å². The highest BCUT2D eigenvalue weighted by Gasteiger charge is 2.24. The summed E-state index contributed by atoms with van der Waals surface area (Å²) in [6.45, 7) is 8.62. The molecule has 1 aromatic heterocycles. The number of hydrogen-bond acceptors (Lipinski definition) is 6. The van der Waals surface area contributed by atoms with E-state index in [0.717, 1.165) is 35.7 Å². The van der Waals surface area contributed by atoms with Crippen molar-refractivity contribution in [3.63, 3.8) is 0 Å². The third kappa shape index (κ3) is 7.59. The van der Waals surface area contributed by atoms with Crippen molar-refractivity contribution in [1.29, 1.82) is 0 Å². The summed E-state index contributed by atoms with van der Waals surface area (Å²) in [7, 11) is 1.64. The zero-order valence-electron chi connectivity index (χ0n) is 21.7. The second kappa shape index (κ2) is 13.7. The van der Waals surface area contributed by atoms with Gasteiger partial charge in [-0.3, -0.25) is 4.90 Å². The number of aliphatic hydroxyl groups excluding tert-OH is 1. The fourth-order valence-corrected chi connectivity index (χ4v) is 4.07. The molecule has 0 fully saturated rings. The molecule has 0 radical (unpaired) electrons. The number of benzene rings is 2. The second-order valence-electron chi connectivity index (χ2n) is 9.07. The van der Waals surface area contributed by atoms with Crippen molar-refractivity contribution in [3.05, 3.63) is 65.9 Å². The topological polar surface area (TPSA) is 69.0 Å². The van der Waals surface area contributed by atoms with Gasteiger partial charge in [0, 0.05) is 19.6 Å². The number of terminal acetylenes is 1. The van der Waals surface area contributed by atoms with E-state index in [2.05, 4.69) is 31.6 Å². The first-order valence-electron chi connectivity index (χ1n) is 12.3. The Kier molecular flexibility index (Phi) is 10.4. The summed E-state index contributed by atoms with van der Waals surface area (Å²) in [5, 5.41) is 15.5. The number of rotatable bonds is 14. The van der Waals surface area contributed by atoms with Crippen LogP contribution >= 0.6 is 0 Å². The van der Waals surface area contributed by atoms with Gasteiger partial charge in [0.05, 0.1) is 36.8 Å². The number of hydrogen-bond donors (Lipinski definition) is 1. The number of ether oxygens (including phenoxy) is 3. The average molecular weight is 492 g/mol. The van der Waals surface area contributed by atoms with Crippen LogP contribution in [0.1, 0.15) is 32.0 Å². The van der Waals surface area contributed by atoms with Crippen LogP contribution < -0.4 is 9.47 Å². The smallest absolute Gasteiger partial charge is 0.227 e. The Labute approximate surface area is 214 Å². The second-order valence-corrected chi connectivity index (χ2v) is 9.07. The van der Waals surface area contributed by atoms with Crippen molar-refractivity contribution in [3.8, 4) is 35.4 Å². The van der Waals surface area contributed by atoms with Crippen LogP contribution in [0.4, 0.5) is 0 Å². The molecule has 0 aliphatic carbocycles. The minimum Gasteiger partial charge on any atom is -0.497 e. The molecule has 0 unspecified atom stereocenters. The molecule has 1 heterocycles. The summed E-state index contributed by atoms with van der Waals surface area (Å²) in [5.74, 6) is 4.96. The lowest BCUT2D eigenvalue weighted by molar-refractivity contribution is 0.0236. The Morgan fingerprint density at radius 2 is 1.75 bits per heavy atom. The molecule has 0 spiro atoms. The van der Waals surface area contributed by atoms with Gasteiger partial charge in [-0.15, -0.1) is 6.42 Å². The number of nitrogens with zero attached hydrogens (tertiary/aromatic N) is 3. The van der Waals surface area contributed by atoms with Crippen molar-refractivity contribution in [2.45, 2.75) is 39.8 Å². The Hall–Kier alpha value is -3.31. The molecular formula is C29H37N3O4. The van der Waals surface area contributed by atoms with Gasteiger partial charge in [0.25, 0.3) is 0 Å². The predicted molar refractivity (Wildman–Crippen MR) is 142 cm³/mol. The lowest BCUT2D eigenvalue weighted by Gasteiger charge is -2.27. The van der Waals surface area contributed by atoms with Crippen molar-refractivity contribution < 1.29 is 19.3 Å². The minimum atomic E-state index is -0.655. The van der Waals surface area contributed by atoms with Crippen molar-refractivity contribution in [2.24, 2.45) is 5.92 Å². The van der Waals surface area contributed by atoms with Gasteiger partial charge < -0.3 is 19.3 Å². The Bertz CT molecular complexity index is 1100. The number of para-hydroxylation sites is 1. The SMILES string of the molecule is C#CCOC[C@H](O)CN(Cc1c(CC)nn(-c2ccccc2)c1Oc1ccc(OC)cc1)CC(C)C. The van der Waals surface area contributed by atoms with Crippen LogP contribution in [0.5, 0.6) is 17.4 Å². The fraction of sp³-hybridized carbons (Fsp3) is 0.414. The number of aromatic nitrogens is 2. The van der Waals surface area contributed by atoms with Gasteiger partial charge in [0.15, 0.2) is 0 Å². The first-order valence-corrected chi connectivity index (χ1v) is 12.3. The highest BCUT2D eigenvalue weighted by molar-refractivity contribution is 5.44. The zero-order chi connectivity index (χ0) is 25.9. The summed E-state index contributed by atoms with van der Waals surface area (Å²) in [6.07, 6.45) is 5.36. The van der Waals surface area contributed by atoms with E-state index in [0.29, 0.717) is 30.6 Å². The number of aliphatic hydroxyl groups is 1. The molecular weight excluding hydrogens is 454 g/mol. The Morgan fingerprint density at radius 3 is 2.36 bits per heavy atom. The average Bonchev–Trinajstić information content (AvgIpc) is 3.21. The van der Waals surface area contributed by atoms with Gasteiger partial charge >= 0.3 is 0 Å². The minimum absolute atomic E-state index is 0.185. The fourth-order valence-electron chi connectivity index (χ4n) is 4.07. The molecule has 0 aliphatic heterocycles. The third-order valence-electron chi connectivity index (χ3n) is 5.60. The van der Waals surface area contributed by atoms with Crippen molar-refractivity contribution >= 4 is 0 Å². The highest BCUT2D eigenvalue weighted by Crippen LogP contribution is 2.33. The predicted octanol–water partition coefficient (Wildman–Crippen LogP) is 4.70. The normalized spacial score (nSPS) is 12.1. The molecule has 0 bridgehead atoms. The molecule has 0 aliphatic rings. The first kappa shape index (κ1) is 27.3. The molecule has 2 aromatic carbocycles. The maximum atomic E-state index is 10.6. The van der Waals surface area contributed by atoms with Crippen molar-refractivity contribution in [2.75, 3.05) is 33.4 Å². The van der Waals surface area contributed by atoms with E-state index in [4.69, 9.17) is 25.7 Å². The molecule has 0 amide bonds. The molecule has 1 atom stereocenters. The highest BCUT2D eigenvalue weighted by atomic mass is 16.5. The van der Waals surface area contributed by atoms with E-state index < -0.39 is 6.10 Å². The van der Waals surface area contributed by atoms with Crippen LogP contribution in [0.2, 0.25) is 0 Å². The number of aryl methyl sites for hydroxylation is 1. The molecule has 0 saturated heterocycles. The van der Waals surface area contributed by atoms with Gasteiger partial charge in [-0.25, -0.2) is 4.68 Å². The van der Waals surface area contributed by atoms with E-state index in [9.17, 15) is 5.11 Å². The van der Waals surface area contributed by atoms with Crippen LogP contribution in [0, 0.1) is 18.3 Å². The van der Waals surface area contributed by atoms with Crippen LogP contribution in [-0.4, -0.2) is 59.3 Å². The van der Waals surface area contributed by atoms with Crippen LogP contribution in [-0.2, 0) is 17.7 Å². The van der Waals surface area contributed by atoms with E-state index in [1.807, 2.05) is 59.3 Å². The zero-order valence-corrected chi connectivity index (χ0v) is 21.7. The van der Waals surface area contributed by atoms with Crippen molar-refractivity contribution in [1.82, 2.24) is 14.7 Å². The monoisotopic (exact) mass is 491 g/mol. The summed E-state index contributed by atoms with van der Waals surface area (Å²) in [5.41, 5.74) is 2.86. The first-order chi connectivity index (χ1) is 17.4. The van der Waals surface area contributed by atoms with Gasteiger partial charge in [-0.1, -0.05) is 44.9 Å². The quantitative estimate of drug-likeness (QED) is 0.260. The summed E-state index contributed by atoms with van der Waals surface area (Å²) >= 11 is 0. The van der Waals surface area contributed by atoms with E-state index in [1.165, 1.54) is 0 Å². The molecule has 3 aromatic rings. The van der Waals surface area contributed by atoms with E-state index >= 15 is 0 Å². The Morgan fingerprint density at radius 1 is 1.06 bits per heavy atom. The van der Waals surface area contributed by atoms with Gasteiger partial charge in [0.1, 0.15) is 18.1 Å². The summed E-state index contributed by atoms with van der Waals surface area (Å²) in [6, 6.07) is 17.5. The molecule has 7 nitrogen and oxygen atoms in total. The van der Waals surface area contributed by atoms with Crippen LogP contribution in [0.15, 0.2) is 54.6 Å². The largest absolute Gasteiger partial charge is 0.497 e. The molecule has 7 heteroatoms. The molecule has 1 N–H and O–H groups in total. The Balaban J connectivity index is 1.98. The lowest BCUT2D eigenvalue weighted by atomic mass is 10.1. The molecule has 0 saturated carbocycles. The van der Waals surface area contributed by atoms with Gasteiger partial charge in [0.2, 0.25) is 5.88 Å². The van der Waals surface area contributed by atoms with Gasteiger partial charge in [-0.05, 0) is 48.7 Å². The maximum absolute atomic E-state index is 10.6. The summed E-state index contributed by atoms with van der Waals surface area (Å²) in [4.78, 5) is 2.22. The van der Waals surface area contributed by atoms with Gasteiger partial charge in [-0.2, -0.15) is 5.10 Å². The van der Waals surface area contributed by atoms with E-state index in [1.54, 1.807) is 7.11 Å². The lowest BCUT2D eigenvalue weighted by Crippen LogP contribution is -2.37. The molecule has 3 rings (SSSR count). The molecule has 36 heavy (non-hydrogen) atoms. The maximum Gasteiger partial charge on any atom is 0.227 e. The summed E-state index contributed by atoms with van der Waals surface area (Å²) < 4.78 is 19.0. The standard InChI is InChI=1S/C29H37N3O4/c1-6-17-35-21-24(33)19-31(18-22(3)4)20-27-28(7-2)30-32(23-11-9-8-10-12-23)29(27)36-26-15-13-25(34-5)14-16-26/h1,8-16,22,24,33H,7,17-21H2,2-5H3/t24-/m1/s1. The molecule has 192 valence electrons. The third-order valence-corrected chi connectivity index (χ3v) is 5.60. The number of methoxy groups -OCH3 is 1. The van der Waals surface area contributed by atoms with E-state index in [-0.39, 0.29) is 13.2 Å².